The summed E-state index contributed by atoms with van der Waals surface area (Å²) in [6, 6.07) is 5.97. The van der Waals surface area contributed by atoms with Crippen LogP contribution in [-0.2, 0) is 4.74 Å². The quantitative estimate of drug-likeness (QED) is 0.779. The number of methoxy groups -OCH3 is 1. The second kappa shape index (κ2) is 7.57. The largest absolute Gasteiger partial charge is 0.385 e. The van der Waals surface area contributed by atoms with E-state index in [0.29, 0.717) is 0 Å². The molecule has 1 aliphatic heterocycles. The molecule has 1 saturated heterocycles. The molecule has 0 radical (unpaired) electrons. The minimum absolute atomic E-state index is 0.162. The first kappa shape index (κ1) is 16.0. The summed E-state index contributed by atoms with van der Waals surface area (Å²) in [5, 5.41) is 0. The molecule has 116 valence electrons. The number of ether oxygens (including phenoxy) is 1. The molecule has 1 heterocycles. The second-order valence-electron chi connectivity index (χ2n) is 5.78. The summed E-state index contributed by atoms with van der Waals surface area (Å²) in [6.45, 7) is 9.54. The number of aryl methyl sites for hydroxylation is 2. The Hall–Kier alpha value is -1.39. The number of hydrogen-bond donors (Lipinski definition) is 0. The Morgan fingerprint density at radius 2 is 1.86 bits per heavy atom. The summed E-state index contributed by atoms with van der Waals surface area (Å²) >= 11 is 0. The summed E-state index contributed by atoms with van der Waals surface area (Å²) in [5.74, 6) is 0.162. The summed E-state index contributed by atoms with van der Waals surface area (Å²) in [6.07, 6.45) is 1.06. The minimum Gasteiger partial charge on any atom is -0.385 e. The van der Waals surface area contributed by atoms with Gasteiger partial charge in [0.05, 0.1) is 0 Å². The lowest BCUT2D eigenvalue weighted by Gasteiger charge is -2.34. The molecule has 4 heteroatoms. The number of carbonyl (C=O) groups is 1. The SMILES string of the molecule is COCCCN1CCN(C(=O)c2ccc(C)c(C)c2)CC1. The van der Waals surface area contributed by atoms with E-state index < -0.39 is 0 Å². The van der Waals surface area contributed by atoms with Gasteiger partial charge in [-0.25, -0.2) is 0 Å². The highest BCUT2D eigenvalue weighted by Crippen LogP contribution is 2.13. The van der Waals surface area contributed by atoms with E-state index in [4.69, 9.17) is 4.74 Å². The predicted octanol–water partition coefficient (Wildman–Crippen LogP) is 2.10. The van der Waals surface area contributed by atoms with Crippen LogP contribution in [0.5, 0.6) is 0 Å². The van der Waals surface area contributed by atoms with Crippen molar-refractivity contribution in [3.8, 4) is 0 Å². The van der Waals surface area contributed by atoms with Gasteiger partial charge < -0.3 is 9.64 Å². The number of nitrogens with zero attached hydrogens (tertiary/aromatic N) is 2. The van der Waals surface area contributed by atoms with Gasteiger partial charge in [0.25, 0.3) is 5.91 Å². The number of hydrogen-bond acceptors (Lipinski definition) is 3. The van der Waals surface area contributed by atoms with Crippen molar-refractivity contribution in [2.24, 2.45) is 0 Å². The van der Waals surface area contributed by atoms with Crippen LogP contribution < -0.4 is 0 Å². The van der Waals surface area contributed by atoms with Crippen molar-refractivity contribution in [3.05, 3.63) is 34.9 Å². The normalized spacial score (nSPS) is 16.2. The Balaban J connectivity index is 1.86. The van der Waals surface area contributed by atoms with Crippen molar-refractivity contribution in [1.82, 2.24) is 9.80 Å². The van der Waals surface area contributed by atoms with E-state index in [0.717, 1.165) is 51.3 Å². The zero-order chi connectivity index (χ0) is 15.2. The van der Waals surface area contributed by atoms with Crippen LogP contribution in [0.4, 0.5) is 0 Å². The van der Waals surface area contributed by atoms with Crippen LogP contribution >= 0.6 is 0 Å². The molecule has 0 aliphatic carbocycles. The standard InChI is InChI=1S/C17H26N2O2/c1-14-5-6-16(13-15(14)2)17(20)19-10-8-18(9-11-19)7-4-12-21-3/h5-6,13H,4,7-12H2,1-3H3. The summed E-state index contributed by atoms with van der Waals surface area (Å²) in [4.78, 5) is 16.9. The Morgan fingerprint density at radius 3 is 2.48 bits per heavy atom. The van der Waals surface area contributed by atoms with E-state index in [2.05, 4.69) is 18.7 Å². The topological polar surface area (TPSA) is 32.8 Å². The van der Waals surface area contributed by atoms with E-state index in [-0.39, 0.29) is 5.91 Å². The van der Waals surface area contributed by atoms with Crippen molar-refractivity contribution in [2.45, 2.75) is 20.3 Å². The van der Waals surface area contributed by atoms with E-state index >= 15 is 0 Å². The van der Waals surface area contributed by atoms with Gasteiger partial charge in [-0.15, -0.1) is 0 Å². The lowest BCUT2D eigenvalue weighted by Crippen LogP contribution is -2.49. The molecule has 0 bridgehead atoms. The summed E-state index contributed by atoms with van der Waals surface area (Å²) in [5.41, 5.74) is 3.22. The van der Waals surface area contributed by atoms with Crippen molar-refractivity contribution in [2.75, 3.05) is 46.4 Å². The van der Waals surface area contributed by atoms with Crippen LogP contribution in [0.3, 0.4) is 0 Å². The molecule has 2 rings (SSSR count). The minimum atomic E-state index is 0.162. The number of carbonyl (C=O) groups excluding carboxylic acids is 1. The highest BCUT2D eigenvalue weighted by Gasteiger charge is 2.21. The Morgan fingerprint density at radius 1 is 1.14 bits per heavy atom. The highest BCUT2D eigenvalue weighted by atomic mass is 16.5. The predicted molar refractivity (Wildman–Crippen MR) is 84.8 cm³/mol. The van der Waals surface area contributed by atoms with Crippen LogP contribution in [0.2, 0.25) is 0 Å². The fourth-order valence-corrected chi connectivity index (χ4v) is 2.66. The smallest absolute Gasteiger partial charge is 0.253 e. The fraction of sp³-hybridized carbons (Fsp3) is 0.588. The lowest BCUT2D eigenvalue weighted by atomic mass is 10.1. The molecular weight excluding hydrogens is 264 g/mol. The molecule has 0 aromatic heterocycles. The molecule has 21 heavy (non-hydrogen) atoms. The molecule has 0 unspecified atom stereocenters. The lowest BCUT2D eigenvalue weighted by molar-refractivity contribution is 0.0624. The number of piperazine rings is 1. The van der Waals surface area contributed by atoms with Crippen molar-refractivity contribution in [3.63, 3.8) is 0 Å². The van der Waals surface area contributed by atoms with Crippen LogP contribution in [0.25, 0.3) is 0 Å². The fourth-order valence-electron chi connectivity index (χ4n) is 2.66. The van der Waals surface area contributed by atoms with Gasteiger partial charge in [0, 0.05) is 52.0 Å². The van der Waals surface area contributed by atoms with Gasteiger partial charge in [-0.05, 0) is 43.5 Å². The Kier molecular flexibility index (Phi) is 5.76. The zero-order valence-corrected chi connectivity index (χ0v) is 13.4. The van der Waals surface area contributed by atoms with E-state index in [1.165, 1.54) is 11.1 Å². The number of amides is 1. The molecule has 0 atom stereocenters. The molecule has 1 aromatic carbocycles. The zero-order valence-electron chi connectivity index (χ0n) is 13.4. The van der Waals surface area contributed by atoms with E-state index in [1.54, 1.807) is 7.11 Å². The molecule has 0 spiro atoms. The first-order chi connectivity index (χ1) is 10.1. The van der Waals surface area contributed by atoms with Gasteiger partial charge in [0.2, 0.25) is 0 Å². The molecule has 1 aliphatic rings. The molecule has 0 N–H and O–H groups in total. The van der Waals surface area contributed by atoms with Crippen LogP contribution in [0, 0.1) is 13.8 Å². The van der Waals surface area contributed by atoms with Gasteiger partial charge in [-0.3, -0.25) is 9.69 Å². The Labute approximate surface area is 127 Å². The second-order valence-corrected chi connectivity index (χ2v) is 5.78. The first-order valence-electron chi connectivity index (χ1n) is 7.69. The number of benzene rings is 1. The average Bonchev–Trinajstić information content (AvgIpc) is 2.50. The van der Waals surface area contributed by atoms with Gasteiger partial charge in [0.15, 0.2) is 0 Å². The summed E-state index contributed by atoms with van der Waals surface area (Å²) in [7, 11) is 1.74. The van der Waals surface area contributed by atoms with E-state index in [9.17, 15) is 4.79 Å². The van der Waals surface area contributed by atoms with Crippen LogP contribution in [0.1, 0.15) is 27.9 Å². The molecule has 1 fully saturated rings. The maximum Gasteiger partial charge on any atom is 0.253 e. The van der Waals surface area contributed by atoms with Gasteiger partial charge in [-0.2, -0.15) is 0 Å². The van der Waals surface area contributed by atoms with Crippen LogP contribution in [0.15, 0.2) is 18.2 Å². The van der Waals surface area contributed by atoms with Crippen molar-refractivity contribution in [1.29, 1.82) is 0 Å². The highest BCUT2D eigenvalue weighted by molar-refractivity contribution is 5.94. The van der Waals surface area contributed by atoms with Crippen molar-refractivity contribution < 1.29 is 9.53 Å². The molecule has 1 aromatic rings. The van der Waals surface area contributed by atoms with Gasteiger partial charge in [0.1, 0.15) is 0 Å². The number of rotatable bonds is 5. The first-order valence-corrected chi connectivity index (χ1v) is 7.69. The molecule has 0 saturated carbocycles. The molecular formula is C17H26N2O2. The third kappa shape index (κ3) is 4.29. The maximum absolute atomic E-state index is 12.5. The van der Waals surface area contributed by atoms with E-state index in [1.807, 2.05) is 23.1 Å². The molecule has 1 amide bonds. The third-order valence-electron chi connectivity index (χ3n) is 4.24. The molecule has 4 nitrogen and oxygen atoms in total. The van der Waals surface area contributed by atoms with Crippen molar-refractivity contribution >= 4 is 5.91 Å². The van der Waals surface area contributed by atoms with Crippen LogP contribution in [-0.4, -0.2) is 62.1 Å². The van der Waals surface area contributed by atoms with Gasteiger partial charge in [-0.1, -0.05) is 6.07 Å². The summed E-state index contributed by atoms with van der Waals surface area (Å²) < 4.78 is 5.08. The monoisotopic (exact) mass is 290 g/mol. The third-order valence-corrected chi connectivity index (χ3v) is 4.24. The maximum atomic E-state index is 12.5. The van der Waals surface area contributed by atoms with Gasteiger partial charge >= 0.3 is 0 Å². The average molecular weight is 290 g/mol. The Bertz CT molecular complexity index is 480.